The van der Waals surface area contributed by atoms with Gasteiger partial charge in [0.1, 0.15) is 4.99 Å². The molecule has 1 aliphatic heterocycles. The predicted octanol–water partition coefficient (Wildman–Crippen LogP) is 3.54. The molecule has 2 aromatic carbocycles. The molecule has 4 heteroatoms. The standard InChI is InChI=1S/C16H14ClNOS/c1-2-18-15(20)13-5-3-4-6-14(13)16(18,19)11-7-9-12(17)10-8-11/h3-10,19H,2H2,1H3. The molecule has 0 bridgehead atoms. The molecule has 0 aliphatic carbocycles. The fourth-order valence-electron chi connectivity index (χ4n) is 2.78. The first-order chi connectivity index (χ1) is 9.59. The number of hydrogen-bond acceptors (Lipinski definition) is 2. The van der Waals surface area contributed by atoms with Crippen molar-refractivity contribution in [1.29, 1.82) is 0 Å². The summed E-state index contributed by atoms with van der Waals surface area (Å²) in [5, 5.41) is 12.0. The van der Waals surface area contributed by atoms with Crippen LogP contribution in [0.25, 0.3) is 0 Å². The van der Waals surface area contributed by atoms with E-state index in [-0.39, 0.29) is 0 Å². The lowest BCUT2D eigenvalue weighted by Crippen LogP contribution is -2.44. The second-order valence-electron chi connectivity index (χ2n) is 4.77. The molecule has 3 rings (SSSR count). The summed E-state index contributed by atoms with van der Waals surface area (Å²) in [6, 6.07) is 15.0. The SMILES string of the molecule is CCN1C(=S)c2ccccc2C1(O)c1ccc(Cl)cc1. The number of nitrogens with zero attached hydrogens (tertiary/aromatic N) is 1. The van der Waals surface area contributed by atoms with Crippen molar-refractivity contribution < 1.29 is 5.11 Å². The van der Waals surface area contributed by atoms with E-state index in [9.17, 15) is 5.11 Å². The molecule has 1 heterocycles. The van der Waals surface area contributed by atoms with Crippen LogP contribution in [-0.4, -0.2) is 21.5 Å². The molecule has 1 atom stereocenters. The molecule has 0 aromatic heterocycles. The monoisotopic (exact) mass is 303 g/mol. The fourth-order valence-corrected chi connectivity index (χ4v) is 3.34. The van der Waals surface area contributed by atoms with E-state index in [0.717, 1.165) is 16.7 Å². The molecule has 0 saturated heterocycles. The molecule has 0 amide bonds. The molecule has 0 saturated carbocycles. The van der Waals surface area contributed by atoms with Gasteiger partial charge in [-0.15, -0.1) is 0 Å². The van der Waals surface area contributed by atoms with Gasteiger partial charge in [-0.1, -0.05) is 60.2 Å². The summed E-state index contributed by atoms with van der Waals surface area (Å²) in [6.45, 7) is 2.62. The molecule has 1 unspecified atom stereocenters. The third-order valence-electron chi connectivity index (χ3n) is 3.73. The van der Waals surface area contributed by atoms with Crippen LogP contribution in [-0.2, 0) is 5.72 Å². The molecular weight excluding hydrogens is 290 g/mol. The number of benzene rings is 2. The van der Waals surface area contributed by atoms with E-state index in [4.69, 9.17) is 23.8 Å². The topological polar surface area (TPSA) is 23.5 Å². The zero-order chi connectivity index (χ0) is 14.3. The Bertz CT molecular complexity index is 670. The number of halogens is 1. The summed E-state index contributed by atoms with van der Waals surface area (Å²) in [6.07, 6.45) is 0. The van der Waals surface area contributed by atoms with Crippen molar-refractivity contribution in [3.8, 4) is 0 Å². The van der Waals surface area contributed by atoms with Crippen molar-refractivity contribution in [3.63, 3.8) is 0 Å². The molecule has 0 fully saturated rings. The highest BCUT2D eigenvalue weighted by Gasteiger charge is 2.46. The number of fused-ring (bicyclic) bond motifs is 1. The smallest absolute Gasteiger partial charge is 0.192 e. The Morgan fingerprint density at radius 2 is 1.80 bits per heavy atom. The number of aliphatic hydroxyl groups is 1. The molecular formula is C16H14ClNOS. The Hall–Kier alpha value is -1.42. The van der Waals surface area contributed by atoms with Crippen molar-refractivity contribution in [2.75, 3.05) is 6.54 Å². The van der Waals surface area contributed by atoms with Crippen LogP contribution < -0.4 is 0 Å². The first-order valence-corrected chi connectivity index (χ1v) is 7.27. The Morgan fingerprint density at radius 3 is 2.45 bits per heavy atom. The van der Waals surface area contributed by atoms with Gasteiger partial charge in [0.2, 0.25) is 0 Å². The molecule has 0 radical (unpaired) electrons. The first-order valence-electron chi connectivity index (χ1n) is 6.49. The van der Waals surface area contributed by atoms with Crippen LogP contribution >= 0.6 is 23.8 Å². The molecule has 1 N–H and O–H groups in total. The normalized spacial score (nSPS) is 21.1. The van der Waals surface area contributed by atoms with Gasteiger partial charge in [-0.25, -0.2) is 0 Å². The molecule has 2 nitrogen and oxygen atoms in total. The predicted molar refractivity (Wildman–Crippen MR) is 85.0 cm³/mol. The zero-order valence-electron chi connectivity index (χ0n) is 11.0. The first kappa shape index (κ1) is 13.6. The minimum Gasteiger partial charge on any atom is -0.363 e. The van der Waals surface area contributed by atoms with Crippen LogP contribution in [0.2, 0.25) is 5.02 Å². The maximum absolute atomic E-state index is 11.3. The fraction of sp³-hybridized carbons (Fsp3) is 0.188. The summed E-state index contributed by atoms with van der Waals surface area (Å²) < 4.78 is 0. The van der Waals surface area contributed by atoms with E-state index in [0.29, 0.717) is 16.6 Å². The molecule has 0 spiro atoms. The van der Waals surface area contributed by atoms with Crippen LogP contribution in [0.3, 0.4) is 0 Å². The van der Waals surface area contributed by atoms with Crippen molar-refractivity contribution >= 4 is 28.8 Å². The van der Waals surface area contributed by atoms with Crippen LogP contribution in [0, 0.1) is 0 Å². The highest BCUT2D eigenvalue weighted by molar-refractivity contribution is 7.80. The third kappa shape index (κ3) is 1.78. The summed E-state index contributed by atoms with van der Waals surface area (Å²) in [4.78, 5) is 2.52. The third-order valence-corrected chi connectivity index (χ3v) is 4.42. The van der Waals surface area contributed by atoms with Gasteiger partial charge in [-0.2, -0.15) is 0 Å². The van der Waals surface area contributed by atoms with Gasteiger partial charge in [0.05, 0.1) is 0 Å². The molecule has 2 aromatic rings. The number of hydrogen-bond donors (Lipinski definition) is 1. The largest absolute Gasteiger partial charge is 0.363 e. The lowest BCUT2D eigenvalue weighted by molar-refractivity contribution is -0.0258. The van der Waals surface area contributed by atoms with Crippen molar-refractivity contribution in [2.24, 2.45) is 0 Å². The van der Waals surface area contributed by atoms with Gasteiger partial charge in [-0.3, -0.25) is 0 Å². The molecule has 1 aliphatic rings. The van der Waals surface area contributed by atoms with E-state index in [2.05, 4.69) is 0 Å². The highest BCUT2D eigenvalue weighted by atomic mass is 35.5. The van der Waals surface area contributed by atoms with Crippen molar-refractivity contribution in [2.45, 2.75) is 12.6 Å². The van der Waals surface area contributed by atoms with Gasteiger partial charge < -0.3 is 10.0 Å². The van der Waals surface area contributed by atoms with Crippen LogP contribution in [0.4, 0.5) is 0 Å². The second-order valence-corrected chi connectivity index (χ2v) is 5.60. The average Bonchev–Trinajstić information content (AvgIpc) is 2.69. The Kier molecular flexibility index (Phi) is 3.28. The van der Waals surface area contributed by atoms with Crippen LogP contribution in [0.15, 0.2) is 48.5 Å². The van der Waals surface area contributed by atoms with E-state index < -0.39 is 5.72 Å². The van der Waals surface area contributed by atoms with Crippen molar-refractivity contribution in [3.05, 3.63) is 70.2 Å². The quantitative estimate of drug-likeness (QED) is 0.858. The van der Waals surface area contributed by atoms with E-state index in [1.54, 1.807) is 12.1 Å². The van der Waals surface area contributed by atoms with Crippen LogP contribution in [0.5, 0.6) is 0 Å². The molecule has 20 heavy (non-hydrogen) atoms. The summed E-state index contributed by atoms with van der Waals surface area (Å²) in [5.41, 5.74) is 1.31. The Morgan fingerprint density at radius 1 is 1.15 bits per heavy atom. The van der Waals surface area contributed by atoms with Gasteiger partial charge in [0, 0.05) is 28.3 Å². The van der Waals surface area contributed by atoms with Gasteiger partial charge in [0.15, 0.2) is 5.72 Å². The van der Waals surface area contributed by atoms with Gasteiger partial charge in [0.25, 0.3) is 0 Å². The van der Waals surface area contributed by atoms with Crippen LogP contribution in [0.1, 0.15) is 23.6 Å². The van der Waals surface area contributed by atoms with Gasteiger partial charge >= 0.3 is 0 Å². The Balaban J connectivity index is 2.24. The highest BCUT2D eigenvalue weighted by Crippen LogP contribution is 2.42. The second kappa shape index (κ2) is 4.85. The molecule has 102 valence electrons. The summed E-state index contributed by atoms with van der Waals surface area (Å²) in [7, 11) is 0. The van der Waals surface area contributed by atoms with E-state index in [1.165, 1.54) is 0 Å². The van der Waals surface area contributed by atoms with Gasteiger partial charge in [-0.05, 0) is 19.1 Å². The minimum atomic E-state index is -1.22. The van der Waals surface area contributed by atoms with Crippen molar-refractivity contribution in [1.82, 2.24) is 4.90 Å². The maximum Gasteiger partial charge on any atom is 0.192 e. The lowest BCUT2D eigenvalue weighted by atomic mass is 9.94. The number of rotatable bonds is 2. The van der Waals surface area contributed by atoms with E-state index >= 15 is 0 Å². The maximum atomic E-state index is 11.3. The lowest BCUT2D eigenvalue weighted by Gasteiger charge is -2.35. The summed E-state index contributed by atoms with van der Waals surface area (Å²) >= 11 is 11.5. The summed E-state index contributed by atoms with van der Waals surface area (Å²) in [5.74, 6) is 0. The number of thiocarbonyl (C=S) groups is 1. The minimum absolute atomic E-state index is 0.632. The van der Waals surface area contributed by atoms with E-state index in [1.807, 2.05) is 48.2 Å². The zero-order valence-corrected chi connectivity index (χ0v) is 12.6. The Labute approximate surface area is 128 Å². The average molecular weight is 304 g/mol.